The van der Waals surface area contributed by atoms with Crippen LogP contribution in [-0.2, 0) is 6.54 Å². The normalized spacial score (nSPS) is 12.8. The summed E-state index contributed by atoms with van der Waals surface area (Å²) in [6, 6.07) is 14.0. The maximum atomic E-state index is 13.7. The van der Waals surface area contributed by atoms with Crippen LogP contribution < -0.4 is 0 Å². The molecular weight excluding hydrogens is 255 g/mol. The van der Waals surface area contributed by atoms with E-state index in [-0.39, 0.29) is 12.4 Å². The van der Waals surface area contributed by atoms with Crippen molar-refractivity contribution in [1.29, 1.82) is 0 Å². The van der Waals surface area contributed by atoms with Crippen LogP contribution in [0, 0.1) is 12.7 Å². The first-order valence-electron chi connectivity index (χ1n) is 6.51. The van der Waals surface area contributed by atoms with Gasteiger partial charge >= 0.3 is 0 Å². The minimum Gasteiger partial charge on any atom is -0.386 e. The highest BCUT2D eigenvalue weighted by Crippen LogP contribution is 2.22. The second kappa shape index (κ2) is 5.06. The van der Waals surface area contributed by atoms with E-state index < -0.39 is 6.10 Å². The van der Waals surface area contributed by atoms with E-state index in [2.05, 4.69) is 4.98 Å². The Hall–Kier alpha value is -2.20. The van der Waals surface area contributed by atoms with Crippen molar-refractivity contribution in [2.75, 3.05) is 0 Å². The minimum atomic E-state index is -0.896. The molecule has 0 aliphatic carbocycles. The van der Waals surface area contributed by atoms with Gasteiger partial charge in [0.15, 0.2) is 0 Å². The first-order chi connectivity index (χ1) is 9.66. The van der Waals surface area contributed by atoms with E-state index in [4.69, 9.17) is 0 Å². The molecule has 1 N–H and O–H groups in total. The molecule has 102 valence electrons. The monoisotopic (exact) mass is 270 g/mol. The molecule has 0 bridgehead atoms. The van der Waals surface area contributed by atoms with Crippen molar-refractivity contribution in [3.63, 3.8) is 0 Å². The van der Waals surface area contributed by atoms with Gasteiger partial charge in [0, 0.05) is 5.56 Å². The number of imidazole rings is 1. The first-order valence-corrected chi connectivity index (χ1v) is 6.51. The summed E-state index contributed by atoms with van der Waals surface area (Å²) in [5.41, 5.74) is 2.14. The van der Waals surface area contributed by atoms with Crippen molar-refractivity contribution in [1.82, 2.24) is 9.55 Å². The van der Waals surface area contributed by atoms with E-state index in [9.17, 15) is 9.50 Å². The fourth-order valence-corrected chi connectivity index (χ4v) is 2.44. The van der Waals surface area contributed by atoms with E-state index in [0.29, 0.717) is 5.56 Å². The molecule has 1 heterocycles. The highest BCUT2D eigenvalue weighted by atomic mass is 19.1. The zero-order valence-corrected chi connectivity index (χ0v) is 11.1. The molecular formula is C16H15FN2O. The van der Waals surface area contributed by atoms with Crippen molar-refractivity contribution >= 4 is 11.0 Å². The molecule has 0 amide bonds. The van der Waals surface area contributed by atoms with Gasteiger partial charge in [0.25, 0.3) is 0 Å². The Morgan fingerprint density at radius 2 is 1.85 bits per heavy atom. The van der Waals surface area contributed by atoms with Crippen LogP contribution in [0.4, 0.5) is 4.39 Å². The number of benzene rings is 2. The molecule has 1 unspecified atom stereocenters. The highest BCUT2D eigenvalue weighted by molar-refractivity contribution is 5.75. The van der Waals surface area contributed by atoms with Crippen LogP contribution in [0.3, 0.4) is 0 Å². The molecule has 0 saturated carbocycles. The Morgan fingerprint density at radius 1 is 1.15 bits per heavy atom. The number of aliphatic hydroxyl groups is 1. The maximum absolute atomic E-state index is 13.7. The summed E-state index contributed by atoms with van der Waals surface area (Å²) in [5.74, 6) is 0.420. The van der Waals surface area contributed by atoms with Crippen LogP contribution in [0.5, 0.6) is 0 Å². The van der Waals surface area contributed by atoms with Crippen molar-refractivity contribution in [2.24, 2.45) is 0 Å². The third-order valence-corrected chi connectivity index (χ3v) is 3.47. The van der Waals surface area contributed by atoms with Gasteiger partial charge in [-0.3, -0.25) is 0 Å². The lowest BCUT2D eigenvalue weighted by Gasteiger charge is -2.14. The van der Waals surface area contributed by atoms with E-state index >= 15 is 0 Å². The minimum absolute atomic E-state index is 0.285. The van der Waals surface area contributed by atoms with Gasteiger partial charge in [-0.2, -0.15) is 0 Å². The lowest BCUT2D eigenvalue weighted by atomic mass is 10.1. The smallest absolute Gasteiger partial charge is 0.129 e. The maximum Gasteiger partial charge on any atom is 0.129 e. The van der Waals surface area contributed by atoms with Gasteiger partial charge in [0.05, 0.1) is 23.7 Å². The Labute approximate surface area is 116 Å². The number of aliphatic hydroxyl groups excluding tert-OH is 1. The van der Waals surface area contributed by atoms with Crippen molar-refractivity contribution in [3.8, 4) is 0 Å². The molecule has 3 aromatic rings. The second-order valence-electron chi connectivity index (χ2n) is 4.80. The molecule has 0 fully saturated rings. The number of nitrogens with zero attached hydrogens (tertiary/aromatic N) is 2. The molecule has 3 rings (SSSR count). The number of rotatable bonds is 3. The Balaban J connectivity index is 1.97. The number of hydrogen-bond donors (Lipinski definition) is 1. The fraction of sp³-hybridized carbons (Fsp3) is 0.188. The highest BCUT2D eigenvalue weighted by Gasteiger charge is 2.15. The van der Waals surface area contributed by atoms with Crippen LogP contribution in [0.25, 0.3) is 11.0 Å². The third-order valence-electron chi connectivity index (χ3n) is 3.47. The van der Waals surface area contributed by atoms with E-state index in [1.807, 2.05) is 35.8 Å². The second-order valence-corrected chi connectivity index (χ2v) is 4.80. The standard InChI is InChI=1S/C16H15FN2O/c1-11-18-14-8-4-5-9-15(14)19(11)10-16(20)12-6-2-3-7-13(12)17/h2-9,16,20H,10H2,1H3. The Kier molecular flexibility index (Phi) is 3.24. The van der Waals surface area contributed by atoms with Crippen LogP contribution >= 0.6 is 0 Å². The number of para-hydroxylation sites is 2. The van der Waals surface area contributed by atoms with Crippen molar-refractivity contribution < 1.29 is 9.50 Å². The molecule has 20 heavy (non-hydrogen) atoms. The zero-order valence-electron chi connectivity index (χ0n) is 11.1. The van der Waals surface area contributed by atoms with E-state index in [1.165, 1.54) is 6.07 Å². The quantitative estimate of drug-likeness (QED) is 0.793. The summed E-state index contributed by atoms with van der Waals surface area (Å²) in [6.07, 6.45) is -0.896. The average Bonchev–Trinajstić information content (AvgIpc) is 2.76. The lowest BCUT2D eigenvalue weighted by Crippen LogP contribution is -2.11. The lowest BCUT2D eigenvalue weighted by molar-refractivity contribution is 0.152. The SMILES string of the molecule is Cc1nc2ccccc2n1CC(O)c1ccccc1F. The predicted octanol–water partition coefficient (Wildman–Crippen LogP) is 3.22. The van der Waals surface area contributed by atoms with Crippen LogP contribution in [0.1, 0.15) is 17.5 Å². The van der Waals surface area contributed by atoms with E-state index in [0.717, 1.165) is 16.9 Å². The number of aromatic nitrogens is 2. The summed E-state index contributed by atoms with van der Waals surface area (Å²) < 4.78 is 15.6. The summed E-state index contributed by atoms with van der Waals surface area (Å²) >= 11 is 0. The molecule has 0 radical (unpaired) electrons. The zero-order chi connectivity index (χ0) is 14.1. The fourth-order valence-electron chi connectivity index (χ4n) is 2.44. The molecule has 0 aliphatic heterocycles. The van der Waals surface area contributed by atoms with Crippen LogP contribution in [0.15, 0.2) is 48.5 Å². The van der Waals surface area contributed by atoms with Gasteiger partial charge in [-0.15, -0.1) is 0 Å². The summed E-state index contributed by atoms with van der Waals surface area (Å²) in [5, 5.41) is 10.3. The van der Waals surface area contributed by atoms with Crippen LogP contribution in [0.2, 0.25) is 0 Å². The summed E-state index contributed by atoms with van der Waals surface area (Å²) in [4.78, 5) is 4.44. The van der Waals surface area contributed by atoms with Gasteiger partial charge in [-0.1, -0.05) is 30.3 Å². The largest absolute Gasteiger partial charge is 0.386 e. The van der Waals surface area contributed by atoms with Gasteiger partial charge in [0.2, 0.25) is 0 Å². The number of fused-ring (bicyclic) bond motifs is 1. The molecule has 1 atom stereocenters. The van der Waals surface area contributed by atoms with Crippen molar-refractivity contribution in [2.45, 2.75) is 19.6 Å². The summed E-state index contributed by atoms with van der Waals surface area (Å²) in [6.45, 7) is 2.17. The van der Waals surface area contributed by atoms with Gasteiger partial charge in [-0.05, 0) is 25.1 Å². The molecule has 1 aromatic heterocycles. The molecule has 4 heteroatoms. The van der Waals surface area contributed by atoms with Crippen LogP contribution in [-0.4, -0.2) is 14.7 Å². The average molecular weight is 270 g/mol. The third kappa shape index (κ3) is 2.18. The summed E-state index contributed by atoms with van der Waals surface area (Å²) in [7, 11) is 0. The van der Waals surface area contributed by atoms with Gasteiger partial charge in [-0.25, -0.2) is 9.37 Å². The molecule has 0 saturated heterocycles. The Bertz CT molecular complexity index is 751. The number of halogens is 1. The molecule has 2 aromatic carbocycles. The predicted molar refractivity (Wildman–Crippen MR) is 75.8 cm³/mol. The topological polar surface area (TPSA) is 38.0 Å². The van der Waals surface area contributed by atoms with Crippen molar-refractivity contribution in [3.05, 3.63) is 65.7 Å². The first kappa shape index (κ1) is 12.8. The number of hydrogen-bond acceptors (Lipinski definition) is 2. The number of aryl methyl sites for hydroxylation is 1. The molecule has 3 nitrogen and oxygen atoms in total. The van der Waals surface area contributed by atoms with E-state index in [1.54, 1.807) is 18.2 Å². The van der Waals surface area contributed by atoms with Gasteiger partial charge < -0.3 is 9.67 Å². The van der Waals surface area contributed by atoms with Gasteiger partial charge in [0.1, 0.15) is 11.6 Å². The Morgan fingerprint density at radius 3 is 2.65 bits per heavy atom. The molecule has 0 spiro atoms. The molecule has 0 aliphatic rings.